The van der Waals surface area contributed by atoms with Gasteiger partial charge in [-0.2, -0.15) is 0 Å². The number of carbonyl (C=O) groups excluding carboxylic acids is 1. The topological polar surface area (TPSA) is 50.4 Å². The Morgan fingerprint density at radius 2 is 2.11 bits per heavy atom. The third kappa shape index (κ3) is 4.56. The van der Waals surface area contributed by atoms with Gasteiger partial charge in [0, 0.05) is 25.6 Å². The van der Waals surface area contributed by atoms with Crippen LogP contribution in [0.1, 0.15) is 32.3 Å². The lowest BCUT2D eigenvalue weighted by Gasteiger charge is -2.23. The Bertz CT molecular complexity index is 405. The third-order valence-corrected chi connectivity index (χ3v) is 3.16. The summed E-state index contributed by atoms with van der Waals surface area (Å²) in [6, 6.07) is 8.53. The number of nitrogens with one attached hydrogen (secondary N) is 2. The molecule has 0 radical (unpaired) electrons. The Labute approximate surface area is 114 Å². The molecule has 1 fully saturated rings. The average molecular weight is 262 g/mol. The molecule has 0 aromatic heterocycles. The highest BCUT2D eigenvalue weighted by molar-refractivity contribution is 5.76. The van der Waals surface area contributed by atoms with Gasteiger partial charge >= 0.3 is 0 Å². The Balaban J connectivity index is 1.78. The first-order chi connectivity index (χ1) is 9.13. The van der Waals surface area contributed by atoms with E-state index in [1.165, 1.54) is 5.56 Å². The Kier molecular flexibility index (Phi) is 4.80. The van der Waals surface area contributed by atoms with Crippen LogP contribution in [-0.4, -0.2) is 24.6 Å². The summed E-state index contributed by atoms with van der Waals surface area (Å²) >= 11 is 0. The molecule has 0 saturated carbocycles. The largest absolute Gasteiger partial charge is 0.491 e. The summed E-state index contributed by atoms with van der Waals surface area (Å²) in [6.45, 7) is 5.59. The van der Waals surface area contributed by atoms with E-state index >= 15 is 0 Å². The minimum atomic E-state index is 0.160. The zero-order valence-corrected chi connectivity index (χ0v) is 11.6. The Hall–Kier alpha value is -1.55. The molecule has 1 amide bonds. The molecule has 1 heterocycles. The quantitative estimate of drug-likeness (QED) is 0.851. The predicted molar refractivity (Wildman–Crippen MR) is 75.1 cm³/mol. The maximum absolute atomic E-state index is 11.1. The maximum atomic E-state index is 11.1. The van der Waals surface area contributed by atoms with Gasteiger partial charge in [-0.1, -0.05) is 12.1 Å². The third-order valence-electron chi connectivity index (χ3n) is 3.16. The van der Waals surface area contributed by atoms with Gasteiger partial charge in [0.1, 0.15) is 5.75 Å². The molecule has 4 nitrogen and oxygen atoms in total. The molecule has 0 bridgehead atoms. The molecule has 1 unspecified atom stereocenters. The summed E-state index contributed by atoms with van der Waals surface area (Å²) in [7, 11) is 0. The molecular formula is C15H22N2O2. The van der Waals surface area contributed by atoms with Gasteiger partial charge < -0.3 is 15.4 Å². The van der Waals surface area contributed by atoms with Gasteiger partial charge in [0.15, 0.2) is 0 Å². The number of hydrogen-bond acceptors (Lipinski definition) is 3. The molecule has 4 heteroatoms. The van der Waals surface area contributed by atoms with E-state index in [0.29, 0.717) is 12.5 Å². The number of carbonyl (C=O) groups is 1. The van der Waals surface area contributed by atoms with Crippen molar-refractivity contribution in [2.45, 2.75) is 45.4 Å². The number of amides is 1. The van der Waals surface area contributed by atoms with Crippen LogP contribution >= 0.6 is 0 Å². The van der Waals surface area contributed by atoms with E-state index in [2.05, 4.69) is 22.8 Å². The van der Waals surface area contributed by atoms with Crippen molar-refractivity contribution < 1.29 is 9.53 Å². The molecule has 19 heavy (non-hydrogen) atoms. The number of rotatable bonds is 5. The summed E-state index contributed by atoms with van der Waals surface area (Å²) < 4.78 is 5.61. The molecule has 2 N–H and O–H groups in total. The molecule has 1 saturated heterocycles. The second-order valence-electron chi connectivity index (χ2n) is 5.23. The fraction of sp³-hybridized carbons (Fsp3) is 0.533. The van der Waals surface area contributed by atoms with Crippen molar-refractivity contribution in [3.8, 4) is 5.75 Å². The monoisotopic (exact) mass is 262 g/mol. The standard InChI is InChI=1S/C15H22N2O2/c1-11(2)19-14-6-3-12(4-7-14)9-16-13-5-8-15(18)17-10-13/h3-4,6-7,11,13,16H,5,8-10H2,1-2H3,(H,17,18). The molecule has 1 aromatic carbocycles. The maximum Gasteiger partial charge on any atom is 0.220 e. The first-order valence-corrected chi connectivity index (χ1v) is 6.89. The molecule has 1 atom stereocenters. The predicted octanol–water partition coefficient (Wildman–Crippen LogP) is 1.84. The molecule has 2 rings (SSSR count). The van der Waals surface area contributed by atoms with E-state index in [-0.39, 0.29) is 12.0 Å². The number of piperidine rings is 1. The van der Waals surface area contributed by atoms with Crippen LogP contribution in [0.4, 0.5) is 0 Å². The fourth-order valence-corrected chi connectivity index (χ4v) is 2.13. The van der Waals surface area contributed by atoms with Crippen molar-refractivity contribution in [3.05, 3.63) is 29.8 Å². The van der Waals surface area contributed by atoms with Crippen LogP contribution in [0.25, 0.3) is 0 Å². The van der Waals surface area contributed by atoms with E-state index in [4.69, 9.17) is 4.74 Å². The first-order valence-electron chi connectivity index (χ1n) is 6.89. The van der Waals surface area contributed by atoms with Gasteiger partial charge in [-0.3, -0.25) is 4.79 Å². The van der Waals surface area contributed by atoms with Crippen molar-refractivity contribution in [3.63, 3.8) is 0 Å². The average Bonchev–Trinajstić information content (AvgIpc) is 2.39. The smallest absolute Gasteiger partial charge is 0.220 e. The van der Waals surface area contributed by atoms with Gasteiger partial charge in [-0.05, 0) is 38.0 Å². The van der Waals surface area contributed by atoms with E-state index in [1.54, 1.807) is 0 Å². The lowest BCUT2D eigenvalue weighted by Crippen LogP contribution is -2.45. The molecule has 1 aliphatic heterocycles. The number of benzene rings is 1. The highest BCUT2D eigenvalue weighted by Gasteiger charge is 2.16. The highest BCUT2D eigenvalue weighted by Crippen LogP contribution is 2.14. The van der Waals surface area contributed by atoms with Crippen LogP contribution in [0.2, 0.25) is 0 Å². The SMILES string of the molecule is CC(C)Oc1ccc(CNC2CCC(=O)NC2)cc1. The van der Waals surface area contributed by atoms with E-state index in [9.17, 15) is 4.79 Å². The van der Waals surface area contributed by atoms with Crippen molar-refractivity contribution in [2.75, 3.05) is 6.54 Å². The second-order valence-corrected chi connectivity index (χ2v) is 5.23. The normalized spacial score (nSPS) is 19.3. The van der Waals surface area contributed by atoms with Crippen molar-refractivity contribution in [2.24, 2.45) is 0 Å². The molecule has 1 aliphatic rings. The number of ether oxygens (including phenoxy) is 1. The van der Waals surface area contributed by atoms with Gasteiger partial charge in [-0.25, -0.2) is 0 Å². The van der Waals surface area contributed by atoms with Crippen LogP contribution in [0, 0.1) is 0 Å². The van der Waals surface area contributed by atoms with Crippen LogP contribution in [0.5, 0.6) is 5.75 Å². The van der Waals surface area contributed by atoms with Crippen molar-refractivity contribution in [1.29, 1.82) is 0 Å². The Morgan fingerprint density at radius 1 is 1.37 bits per heavy atom. The van der Waals surface area contributed by atoms with Gasteiger partial charge in [0.05, 0.1) is 6.10 Å². The summed E-state index contributed by atoms with van der Waals surface area (Å²) in [5, 5.41) is 6.34. The minimum Gasteiger partial charge on any atom is -0.491 e. The second kappa shape index (κ2) is 6.57. The van der Waals surface area contributed by atoms with Gasteiger partial charge in [0.25, 0.3) is 0 Å². The summed E-state index contributed by atoms with van der Waals surface area (Å²) in [6.07, 6.45) is 1.74. The van der Waals surface area contributed by atoms with E-state index in [0.717, 1.165) is 25.3 Å². The highest BCUT2D eigenvalue weighted by atomic mass is 16.5. The zero-order chi connectivity index (χ0) is 13.7. The first kappa shape index (κ1) is 13.9. The Morgan fingerprint density at radius 3 is 2.68 bits per heavy atom. The van der Waals surface area contributed by atoms with Crippen LogP contribution in [0.3, 0.4) is 0 Å². The summed E-state index contributed by atoms with van der Waals surface area (Å²) in [4.78, 5) is 11.1. The number of hydrogen-bond donors (Lipinski definition) is 2. The molecule has 0 aliphatic carbocycles. The molecule has 104 valence electrons. The summed E-state index contributed by atoms with van der Waals surface area (Å²) in [5.74, 6) is 1.07. The lowest BCUT2D eigenvalue weighted by atomic mass is 10.1. The molecule has 1 aromatic rings. The van der Waals surface area contributed by atoms with E-state index in [1.807, 2.05) is 26.0 Å². The van der Waals surface area contributed by atoms with Crippen LogP contribution in [0.15, 0.2) is 24.3 Å². The van der Waals surface area contributed by atoms with Gasteiger partial charge in [0.2, 0.25) is 5.91 Å². The van der Waals surface area contributed by atoms with Crippen molar-refractivity contribution >= 4 is 5.91 Å². The fourth-order valence-electron chi connectivity index (χ4n) is 2.13. The molecular weight excluding hydrogens is 240 g/mol. The summed E-state index contributed by atoms with van der Waals surface area (Å²) in [5.41, 5.74) is 1.23. The van der Waals surface area contributed by atoms with Crippen LogP contribution in [-0.2, 0) is 11.3 Å². The van der Waals surface area contributed by atoms with Crippen molar-refractivity contribution in [1.82, 2.24) is 10.6 Å². The minimum absolute atomic E-state index is 0.160. The van der Waals surface area contributed by atoms with E-state index < -0.39 is 0 Å². The zero-order valence-electron chi connectivity index (χ0n) is 11.6. The molecule has 0 spiro atoms. The van der Waals surface area contributed by atoms with Crippen LogP contribution < -0.4 is 15.4 Å². The lowest BCUT2D eigenvalue weighted by molar-refractivity contribution is -0.122. The van der Waals surface area contributed by atoms with Gasteiger partial charge in [-0.15, -0.1) is 0 Å².